The lowest BCUT2D eigenvalue weighted by molar-refractivity contribution is 0.419. The molecule has 162 valence electrons. The first kappa shape index (κ1) is 20.4. The average molecular weight is 429 g/mol. The Morgan fingerprint density at radius 1 is 0.938 bits per heavy atom. The second kappa shape index (κ2) is 8.91. The maximum atomic E-state index is 13.5. The predicted molar refractivity (Wildman–Crippen MR) is 125 cm³/mol. The number of nitrogens with zero attached hydrogens (tertiary/aromatic N) is 3. The number of benzene rings is 2. The molecule has 2 aromatic carbocycles. The molecule has 0 atom stereocenters. The molecular formula is C26H25FN4O. The van der Waals surface area contributed by atoms with Crippen LogP contribution in [0.25, 0.3) is 33.4 Å². The highest BCUT2D eigenvalue weighted by atomic mass is 19.1. The van der Waals surface area contributed by atoms with E-state index in [-0.39, 0.29) is 5.82 Å². The molecule has 2 heterocycles. The van der Waals surface area contributed by atoms with E-state index in [9.17, 15) is 4.39 Å². The number of anilines is 1. The van der Waals surface area contributed by atoms with Crippen LogP contribution in [-0.2, 0) is 0 Å². The van der Waals surface area contributed by atoms with Crippen molar-refractivity contribution in [1.29, 1.82) is 0 Å². The van der Waals surface area contributed by atoms with Crippen LogP contribution in [0, 0.1) is 5.82 Å². The second-order valence-corrected chi connectivity index (χ2v) is 8.20. The normalized spacial score (nSPS) is 14.4. The highest BCUT2D eigenvalue weighted by Gasteiger charge is 2.19. The average Bonchev–Trinajstić information content (AvgIpc) is 2.85. The van der Waals surface area contributed by atoms with Gasteiger partial charge in [0.1, 0.15) is 22.9 Å². The van der Waals surface area contributed by atoms with Crippen LogP contribution in [0.1, 0.15) is 32.1 Å². The monoisotopic (exact) mass is 428 g/mol. The Labute approximate surface area is 186 Å². The summed E-state index contributed by atoms with van der Waals surface area (Å²) in [4.78, 5) is 14.0. The van der Waals surface area contributed by atoms with Gasteiger partial charge in [-0.3, -0.25) is 4.98 Å². The van der Waals surface area contributed by atoms with Crippen molar-refractivity contribution < 1.29 is 9.13 Å². The molecule has 1 aliphatic rings. The molecule has 5 nitrogen and oxygen atoms in total. The molecule has 1 fully saturated rings. The fraction of sp³-hybridized carbons (Fsp3) is 0.269. The summed E-state index contributed by atoms with van der Waals surface area (Å²) in [7, 11) is 1.64. The van der Waals surface area contributed by atoms with Gasteiger partial charge >= 0.3 is 0 Å². The van der Waals surface area contributed by atoms with Gasteiger partial charge in [0.05, 0.1) is 7.11 Å². The Morgan fingerprint density at radius 3 is 2.47 bits per heavy atom. The highest BCUT2D eigenvalue weighted by Crippen LogP contribution is 2.36. The van der Waals surface area contributed by atoms with E-state index in [1.807, 2.05) is 18.2 Å². The van der Waals surface area contributed by atoms with Crippen LogP contribution in [0.15, 0.2) is 60.9 Å². The van der Waals surface area contributed by atoms with Gasteiger partial charge in [-0.1, -0.05) is 31.4 Å². The minimum atomic E-state index is -0.259. The largest absolute Gasteiger partial charge is 0.494 e. The predicted octanol–water partition coefficient (Wildman–Crippen LogP) is 6.25. The molecule has 4 aromatic rings. The molecule has 0 aliphatic heterocycles. The number of rotatable bonds is 5. The number of pyridine rings is 1. The highest BCUT2D eigenvalue weighted by molar-refractivity contribution is 5.98. The van der Waals surface area contributed by atoms with Crippen molar-refractivity contribution in [3.63, 3.8) is 0 Å². The number of fused-ring (bicyclic) bond motifs is 1. The minimum absolute atomic E-state index is 0.259. The van der Waals surface area contributed by atoms with Crippen molar-refractivity contribution in [3.05, 3.63) is 66.7 Å². The van der Waals surface area contributed by atoms with Crippen molar-refractivity contribution in [1.82, 2.24) is 15.0 Å². The van der Waals surface area contributed by atoms with E-state index in [0.717, 1.165) is 46.3 Å². The van der Waals surface area contributed by atoms with Gasteiger partial charge in [0.2, 0.25) is 0 Å². The molecule has 0 bridgehead atoms. The number of methoxy groups -OCH3 is 1. The molecule has 0 unspecified atom stereocenters. The molecule has 0 spiro atoms. The minimum Gasteiger partial charge on any atom is -0.494 e. The van der Waals surface area contributed by atoms with Gasteiger partial charge in [0.25, 0.3) is 0 Å². The summed E-state index contributed by atoms with van der Waals surface area (Å²) in [6.45, 7) is 0. The maximum Gasteiger partial charge on any atom is 0.163 e. The smallest absolute Gasteiger partial charge is 0.163 e. The van der Waals surface area contributed by atoms with Crippen molar-refractivity contribution in [2.45, 2.75) is 38.1 Å². The van der Waals surface area contributed by atoms with Gasteiger partial charge in [-0.05, 0) is 60.4 Å². The third-order valence-corrected chi connectivity index (χ3v) is 6.03. The fourth-order valence-corrected chi connectivity index (χ4v) is 4.34. The van der Waals surface area contributed by atoms with Crippen LogP contribution in [0.2, 0.25) is 0 Å². The van der Waals surface area contributed by atoms with Gasteiger partial charge in [0, 0.05) is 29.4 Å². The van der Waals surface area contributed by atoms with Crippen LogP contribution in [0.4, 0.5) is 10.2 Å². The number of nitrogens with one attached hydrogen (secondary N) is 1. The van der Waals surface area contributed by atoms with E-state index in [4.69, 9.17) is 14.7 Å². The molecule has 6 heteroatoms. The van der Waals surface area contributed by atoms with E-state index >= 15 is 0 Å². The van der Waals surface area contributed by atoms with Crippen LogP contribution in [0.3, 0.4) is 0 Å². The fourth-order valence-electron chi connectivity index (χ4n) is 4.34. The lowest BCUT2D eigenvalue weighted by Crippen LogP contribution is -2.23. The van der Waals surface area contributed by atoms with Gasteiger partial charge in [-0.25, -0.2) is 14.4 Å². The Morgan fingerprint density at radius 2 is 1.75 bits per heavy atom. The zero-order valence-corrected chi connectivity index (χ0v) is 18.0. The van der Waals surface area contributed by atoms with Crippen LogP contribution in [-0.4, -0.2) is 28.1 Å². The van der Waals surface area contributed by atoms with Crippen molar-refractivity contribution in [2.75, 3.05) is 12.4 Å². The van der Waals surface area contributed by atoms with Crippen LogP contribution >= 0.6 is 0 Å². The quantitative estimate of drug-likeness (QED) is 0.407. The standard InChI is InChI=1S/C26H25FN4O/c1-32-23-15-19(17-9-11-20(27)12-10-17)14-22-24(23)30-25(18-6-5-13-28-16-18)31-26(22)29-21-7-3-2-4-8-21/h5-6,9-16,21H,2-4,7-8H2,1H3,(H,29,30,31). The molecule has 5 rings (SSSR count). The number of hydrogen-bond donors (Lipinski definition) is 1. The zero-order chi connectivity index (χ0) is 21.9. The van der Waals surface area contributed by atoms with E-state index in [0.29, 0.717) is 17.6 Å². The van der Waals surface area contributed by atoms with E-state index in [1.54, 1.807) is 31.6 Å². The number of aromatic nitrogens is 3. The summed E-state index contributed by atoms with van der Waals surface area (Å²) in [5.41, 5.74) is 3.43. The topological polar surface area (TPSA) is 59.9 Å². The Kier molecular flexibility index (Phi) is 5.67. The summed E-state index contributed by atoms with van der Waals surface area (Å²) >= 11 is 0. The maximum absolute atomic E-state index is 13.5. The van der Waals surface area contributed by atoms with E-state index in [1.165, 1.54) is 31.4 Å². The Balaban J connectivity index is 1.69. The molecule has 1 saturated carbocycles. The summed E-state index contributed by atoms with van der Waals surface area (Å²) in [6.07, 6.45) is 9.49. The molecule has 0 radical (unpaired) electrons. The third kappa shape index (κ3) is 4.13. The molecule has 1 N–H and O–H groups in total. The van der Waals surface area contributed by atoms with E-state index in [2.05, 4.69) is 16.4 Å². The number of halogens is 1. The summed E-state index contributed by atoms with van der Waals surface area (Å²) in [6, 6.07) is 14.7. The molecule has 2 aromatic heterocycles. The Hall–Kier alpha value is -3.54. The first-order valence-electron chi connectivity index (χ1n) is 11.0. The lowest BCUT2D eigenvalue weighted by atomic mass is 9.95. The van der Waals surface area contributed by atoms with Gasteiger partial charge < -0.3 is 10.1 Å². The summed E-state index contributed by atoms with van der Waals surface area (Å²) in [5, 5.41) is 4.58. The third-order valence-electron chi connectivity index (χ3n) is 6.03. The molecule has 1 aliphatic carbocycles. The summed E-state index contributed by atoms with van der Waals surface area (Å²) < 4.78 is 19.2. The number of ether oxygens (including phenoxy) is 1. The lowest BCUT2D eigenvalue weighted by Gasteiger charge is -2.24. The van der Waals surface area contributed by atoms with Crippen molar-refractivity contribution in [3.8, 4) is 28.3 Å². The molecule has 32 heavy (non-hydrogen) atoms. The first-order valence-corrected chi connectivity index (χ1v) is 11.0. The SMILES string of the molecule is COc1cc(-c2ccc(F)cc2)cc2c(NC3CCCCC3)nc(-c3cccnc3)nc12. The van der Waals surface area contributed by atoms with Crippen molar-refractivity contribution in [2.24, 2.45) is 0 Å². The van der Waals surface area contributed by atoms with Gasteiger partial charge in [-0.15, -0.1) is 0 Å². The Bertz CT molecular complexity index is 1220. The van der Waals surface area contributed by atoms with Crippen LogP contribution in [0.5, 0.6) is 5.75 Å². The number of hydrogen-bond acceptors (Lipinski definition) is 5. The summed E-state index contributed by atoms with van der Waals surface area (Å²) in [5.74, 6) is 1.80. The molecule has 0 saturated heterocycles. The zero-order valence-electron chi connectivity index (χ0n) is 18.0. The molecule has 0 amide bonds. The molecular weight excluding hydrogens is 403 g/mol. The first-order chi connectivity index (χ1) is 15.7. The second-order valence-electron chi connectivity index (χ2n) is 8.20. The van der Waals surface area contributed by atoms with Gasteiger partial charge in [-0.2, -0.15) is 0 Å². The van der Waals surface area contributed by atoms with Gasteiger partial charge in [0.15, 0.2) is 5.82 Å². The van der Waals surface area contributed by atoms with Crippen LogP contribution < -0.4 is 10.1 Å². The van der Waals surface area contributed by atoms with Crippen molar-refractivity contribution >= 4 is 16.7 Å². The van der Waals surface area contributed by atoms with E-state index < -0.39 is 0 Å².